The second kappa shape index (κ2) is 8.36. The Labute approximate surface area is 162 Å². The van der Waals surface area contributed by atoms with E-state index >= 15 is 0 Å². The van der Waals surface area contributed by atoms with E-state index in [-0.39, 0.29) is 11.8 Å². The van der Waals surface area contributed by atoms with Crippen LogP contribution < -0.4 is 15.0 Å². The van der Waals surface area contributed by atoms with Gasteiger partial charge in [0.1, 0.15) is 5.75 Å². The van der Waals surface area contributed by atoms with Gasteiger partial charge in [-0.1, -0.05) is 15.9 Å². The van der Waals surface area contributed by atoms with Crippen molar-refractivity contribution in [3.63, 3.8) is 0 Å². The Morgan fingerprint density at radius 2 is 1.65 bits per heavy atom. The number of carbonyl (C=O) groups is 2. The van der Waals surface area contributed by atoms with Gasteiger partial charge in [0, 0.05) is 29.8 Å². The fourth-order valence-electron chi connectivity index (χ4n) is 2.51. The first-order valence-corrected chi connectivity index (χ1v) is 9.07. The second-order valence-corrected chi connectivity index (χ2v) is 7.16. The van der Waals surface area contributed by atoms with Crippen LogP contribution in [-0.2, 0) is 9.59 Å². The molecule has 5 nitrogen and oxygen atoms in total. The van der Waals surface area contributed by atoms with E-state index in [0.717, 1.165) is 21.3 Å². The van der Waals surface area contributed by atoms with Gasteiger partial charge >= 0.3 is 0 Å². The van der Waals surface area contributed by atoms with Crippen molar-refractivity contribution in [3.05, 3.63) is 52.0 Å². The van der Waals surface area contributed by atoms with Crippen molar-refractivity contribution in [2.45, 2.75) is 33.8 Å². The highest BCUT2D eigenvalue weighted by Gasteiger charge is 2.17. The highest BCUT2D eigenvalue weighted by atomic mass is 79.9. The number of hydrogen-bond acceptors (Lipinski definition) is 3. The summed E-state index contributed by atoms with van der Waals surface area (Å²) in [5.74, 6) is 0.428. The monoisotopic (exact) mass is 418 g/mol. The molecule has 1 atom stereocenters. The quantitative estimate of drug-likeness (QED) is 0.779. The maximum atomic E-state index is 12.4. The normalized spacial score (nSPS) is 11.6. The largest absolute Gasteiger partial charge is 0.480 e. The lowest BCUT2D eigenvalue weighted by Gasteiger charge is -2.19. The molecule has 0 saturated heterocycles. The average molecular weight is 419 g/mol. The number of carbonyl (C=O) groups excluding carboxylic acids is 2. The van der Waals surface area contributed by atoms with Crippen LogP contribution in [0.5, 0.6) is 5.75 Å². The van der Waals surface area contributed by atoms with Gasteiger partial charge in [-0.25, -0.2) is 0 Å². The van der Waals surface area contributed by atoms with Crippen molar-refractivity contribution < 1.29 is 14.3 Å². The number of nitrogens with one attached hydrogen (secondary N) is 1. The third-order valence-corrected chi connectivity index (χ3v) is 4.54. The molecule has 2 aromatic carbocycles. The molecule has 6 heteroatoms. The molecule has 0 aliphatic heterocycles. The molecule has 0 saturated carbocycles. The van der Waals surface area contributed by atoms with Crippen LogP contribution >= 0.6 is 15.9 Å². The zero-order chi connectivity index (χ0) is 19.4. The minimum atomic E-state index is -0.645. The lowest BCUT2D eigenvalue weighted by atomic mass is 10.1. The Morgan fingerprint density at radius 1 is 1.12 bits per heavy atom. The molecule has 0 fully saturated rings. The molecule has 1 unspecified atom stereocenters. The summed E-state index contributed by atoms with van der Waals surface area (Å²) >= 11 is 3.45. The summed E-state index contributed by atoms with van der Waals surface area (Å²) < 4.78 is 6.85. The van der Waals surface area contributed by atoms with Gasteiger partial charge in [0.25, 0.3) is 5.91 Å². The molecular formula is C20H23BrN2O3. The van der Waals surface area contributed by atoms with Gasteiger partial charge in [-0.2, -0.15) is 0 Å². The van der Waals surface area contributed by atoms with Crippen molar-refractivity contribution >= 4 is 39.1 Å². The van der Waals surface area contributed by atoms with Gasteiger partial charge in [0.15, 0.2) is 6.10 Å². The third-order valence-electron chi connectivity index (χ3n) is 4.08. The molecule has 0 radical (unpaired) electrons. The summed E-state index contributed by atoms with van der Waals surface area (Å²) in [7, 11) is 1.70. The Morgan fingerprint density at radius 3 is 2.15 bits per heavy atom. The maximum Gasteiger partial charge on any atom is 0.265 e. The number of benzene rings is 2. The van der Waals surface area contributed by atoms with Gasteiger partial charge in [-0.3, -0.25) is 9.59 Å². The molecule has 1 N–H and O–H groups in total. The molecule has 0 aliphatic carbocycles. The number of nitrogens with zero attached hydrogens (tertiary/aromatic N) is 1. The fraction of sp³-hybridized carbons (Fsp3) is 0.300. The summed E-state index contributed by atoms with van der Waals surface area (Å²) in [6, 6.07) is 11.0. The third kappa shape index (κ3) is 4.85. The average Bonchev–Trinajstić information content (AvgIpc) is 2.57. The number of rotatable bonds is 5. The van der Waals surface area contributed by atoms with Crippen LogP contribution in [0, 0.1) is 13.8 Å². The molecule has 0 spiro atoms. The molecule has 138 valence electrons. The fourth-order valence-corrected chi connectivity index (χ4v) is 3.19. The Balaban J connectivity index is 2.04. The number of aryl methyl sites for hydroxylation is 2. The molecule has 26 heavy (non-hydrogen) atoms. The van der Waals surface area contributed by atoms with Crippen molar-refractivity contribution in [2.75, 3.05) is 17.3 Å². The van der Waals surface area contributed by atoms with Crippen LogP contribution in [0.2, 0.25) is 0 Å². The van der Waals surface area contributed by atoms with Gasteiger partial charge in [0.2, 0.25) is 5.91 Å². The summed E-state index contributed by atoms with van der Waals surface area (Å²) in [5, 5.41) is 2.83. The maximum absolute atomic E-state index is 12.4. The summed E-state index contributed by atoms with van der Waals surface area (Å²) in [6.45, 7) is 7.11. The second-order valence-electron chi connectivity index (χ2n) is 6.24. The zero-order valence-electron chi connectivity index (χ0n) is 15.6. The molecule has 0 heterocycles. The van der Waals surface area contributed by atoms with Crippen molar-refractivity contribution in [3.8, 4) is 5.75 Å². The van der Waals surface area contributed by atoms with E-state index < -0.39 is 6.10 Å². The van der Waals surface area contributed by atoms with Crippen molar-refractivity contribution in [1.82, 2.24) is 0 Å². The lowest BCUT2D eigenvalue weighted by Crippen LogP contribution is -2.30. The molecule has 0 bridgehead atoms. The number of anilines is 2. The Bertz CT molecular complexity index is 795. The van der Waals surface area contributed by atoms with E-state index in [1.54, 1.807) is 38.2 Å². The predicted molar refractivity (Wildman–Crippen MR) is 108 cm³/mol. The molecule has 2 rings (SSSR count). The van der Waals surface area contributed by atoms with E-state index in [4.69, 9.17) is 4.74 Å². The van der Waals surface area contributed by atoms with E-state index in [2.05, 4.69) is 21.2 Å². The standard InChI is InChI=1S/C20H23BrN2O3/c1-12-10-16(21)11-13(2)19(12)26-14(3)20(25)22-17-6-8-18(9-7-17)23(5)15(4)24/h6-11,14H,1-5H3,(H,22,25). The highest BCUT2D eigenvalue weighted by Crippen LogP contribution is 2.28. The van der Waals surface area contributed by atoms with E-state index in [0.29, 0.717) is 11.4 Å². The number of hydrogen-bond donors (Lipinski definition) is 1. The molecule has 2 amide bonds. The van der Waals surface area contributed by atoms with Gasteiger partial charge < -0.3 is 15.0 Å². The summed E-state index contributed by atoms with van der Waals surface area (Å²) in [6.07, 6.45) is -0.645. The van der Waals surface area contributed by atoms with Crippen LogP contribution in [0.3, 0.4) is 0 Å². The highest BCUT2D eigenvalue weighted by molar-refractivity contribution is 9.10. The summed E-state index contributed by atoms with van der Waals surface area (Å²) in [5.41, 5.74) is 3.35. The SMILES string of the molecule is CC(=O)N(C)c1ccc(NC(=O)C(C)Oc2c(C)cc(Br)cc2C)cc1. The van der Waals surface area contributed by atoms with Gasteiger partial charge in [-0.15, -0.1) is 0 Å². The minimum Gasteiger partial charge on any atom is -0.480 e. The van der Waals surface area contributed by atoms with Gasteiger partial charge in [-0.05, 0) is 68.3 Å². The van der Waals surface area contributed by atoms with Crippen LogP contribution in [0.25, 0.3) is 0 Å². The van der Waals surface area contributed by atoms with E-state index in [1.807, 2.05) is 26.0 Å². The molecule has 0 aromatic heterocycles. The van der Waals surface area contributed by atoms with Crippen molar-refractivity contribution in [2.24, 2.45) is 0 Å². The van der Waals surface area contributed by atoms with Gasteiger partial charge in [0.05, 0.1) is 0 Å². The van der Waals surface area contributed by atoms with E-state index in [1.165, 1.54) is 11.8 Å². The first-order chi connectivity index (χ1) is 12.2. The Kier molecular flexibility index (Phi) is 6.42. The number of ether oxygens (including phenoxy) is 1. The van der Waals surface area contributed by atoms with Crippen LogP contribution in [0.4, 0.5) is 11.4 Å². The predicted octanol–water partition coefficient (Wildman–Crippen LogP) is 4.45. The first-order valence-electron chi connectivity index (χ1n) is 8.27. The first kappa shape index (κ1) is 20.0. The number of halogens is 1. The zero-order valence-corrected chi connectivity index (χ0v) is 17.2. The topological polar surface area (TPSA) is 58.6 Å². The number of amides is 2. The van der Waals surface area contributed by atoms with Crippen LogP contribution in [0.15, 0.2) is 40.9 Å². The summed E-state index contributed by atoms with van der Waals surface area (Å²) in [4.78, 5) is 25.3. The molecule has 2 aromatic rings. The van der Waals surface area contributed by atoms with E-state index in [9.17, 15) is 9.59 Å². The van der Waals surface area contributed by atoms with Crippen molar-refractivity contribution in [1.29, 1.82) is 0 Å². The van der Waals surface area contributed by atoms with Crippen LogP contribution in [0.1, 0.15) is 25.0 Å². The molecular weight excluding hydrogens is 396 g/mol. The molecule has 0 aliphatic rings. The lowest BCUT2D eigenvalue weighted by molar-refractivity contribution is -0.122. The minimum absolute atomic E-state index is 0.0518. The van der Waals surface area contributed by atoms with Crippen LogP contribution in [-0.4, -0.2) is 25.0 Å². The smallest absolute Gasteiger partial charge is 0.265 e. The Hall–Kier alpha value is -2.34.